The highest BCUT2D eigenvalue weighted by atomic mass is 16.4. The smallest absolute Gasteiger partial charge is 0.307 e. The third-order valence-corrected chi connectivity index (χ3v) is 2.89. The summed E-state index contributed by atoms with van der Waals surface area (Å²) < 4.78 is 0. The molecule has 4 heteroatoms. The normalized spacial score (nSPS) is 12.1. The number of aliphatic carboxylic acids is 1. The number of benzene rings is 1. The van der Waals surface area contributed by atoms with Gasteiger partial charge in [-0.3, -0.25) is 9.69 Å². The number of rotatable bonds is 6. The second-order valence-electron chi connectivity index (χ2n) is 4.38. The molecule has 1 rings (SSSR count). The van der Waals surface area contributed by atoms with Crippen LogP contribution in [0, 0.1) is 17.2 Å². The van der Waals surface area contributed by atoms with Crippen molar-refractivity contribution in [1.29, 1.82) is 5.26 Å². The molecule has 18 heavy (non-hydrogen) atoms. The van der Waals surface area contributed by atoms with Crippen LogP contribution in [0.2, 0.25) is 0 Å². The maximum atomic E-state index is 10.8. The average Bonchev–Trinajstić information content (AvgIpc) is 2.38. The Hall–Kier alpha value is -1.86. The van der Waals surface area contributed by atoms with E-state index in [0.29, 0.717) is 18.7 Å². The number of carboxylic acid groups (broad SMARTS) is 1. The molecule has 96 valence electrons. The summed E-state index contributed by atoms with van der Waals surface area (Å²) >= 11 is 0. The summed E-state index contributed by atoms with van der Waals surface area (Å²) in [6.45, 7) is 5.77. The van der Waals surface area contributed by atoms with E-state index < -0.39 is 5.97 Å². The molecule has 0 bridgehead atoms. The maximum Gasteiger partial charge on any atom is 0.307 e. The summed E-state index contributed by atoms with van der Waals surface area (Å²) in [5.41, 5.74) is 1.73. The van der Waals surface area contributed by atoms with E-state index in [1.165, 1.54) is 0 Å². The molecule has 1 atom stereocenters. The Kier molecular flexibility index (Phi) is 5.34. The van der Waals surface area contributed by atoms with Gasteiger partial charge in [-0.1, -0.05) is 26.0 Å². The average molecular weight is 246 g/mol. The largest absolute Gasteiger partial charge is 0.481 e. The predicted molar refractivity (Wildman–Crippen MR) is 68.9 cm³/mol. The van der Waals surface area contributed by atoms with Gasteiger partial charge >= 0.3 is 5.97 Å². The molecule has 0 saturated carbocycles. The van der Waals surface area contributed by atoms with Gasteiger partial charge in [0.25, 0.3) is 0 Å². The Balaban J connectivity index is 2.62. The molecule has 1 aromatic carbocycles. The van der Waals surface area contributed by atoms with Gasteiger partial charge in [-0.2, -0.15) is 5.26 Å². The fourth-order valence-corrected chi connectivity index (χ4v) is 1.71. The molecular formula is C14H18N2O2. The van der Waals surface area contributed by atoms with Crippen LogP contribution in [0.5, 0.6) is 0 Å². The lowest BCUT2D eigenvalue weighted by atomic mass is 10.1. The number of hydrogen-bond acceptors (Lipinski definition) is 3. The number of hydrogen-bond donors (Lipinski definition) is 1. The molecule has 0 aliphatic rings. The second-order valence-corrected chi connectivity index (χ2v) is 4.38. The van der Waals surface area contributed by atoms with Gasteiger partial charge in [-0.05, 0) is 24.2 Å². The van der Waals surface area contributed by atoms with Crippen molar-refractivity contribution < 1.29 is 9.90 Å². The van der Waals surface area contributed by atoms with Crippen molar-refractivity contribution >= 4 is 5.97 Å². The van der Waals surface area contributed by atoms with E-state index in [0.717, 1.165) is 12.1 Å². The minimum Gasteiger partial charge on any atom is -0.481 e. The zero-order valence-electron chi connectivity index (χ0n) is 10.8. The topological polar surface area (TPSA) is 64.3 Å². The first kappa shape index (κ1) is 14.2. The molecule has 1 aromatic rings. The van der Waals surface area contributed by atoms with Crippen LogP contribution in [0.3, 0.4) is 0 Å². The molecule has 4 nitrogen and oxygen atoms in total. The van der Waals surface area contributed by atoms with E-state index >= 15 is 0 Å². The summed E-state index contributed by atoms with van der Waals surface area (Å²) in [6, 6.07) is 9.46. The third kappa shape index (κ3) is 4.19. The Morgan fingerprint density at radius 3 is 2.50 bits per heavy atom. The van der Waals surface area contributed by atoms with Crippen LogP contribution in [0.4, 0.5) is 0 Å². The van der Waals surface area contributed by atoms with E-state index in [9.17, 15) is 4.79 Å². The standard InChI is InChI=1S/C14H18N2O2/c1-3-16(9-11(2)14(17)18)10-13-6-4-12(8-15)5-7-13/h4-7,11H,3,9-10H2,1-2H3,(H,17,18). The Bertz CT molecular complexity index is 434. The molecule has 0 amide bonds. The van der Waals surface area contributed by atoms with Crippen molar-refractivity contribution in [3.05, 3.63) is 35.4 Å². The van der Waals surface area contributed by atoms with E-state index in [2.05, 4.69) is 11.0 Å². The van der Waals surface area contributed by atoms with Crippen LogP contribution in [0.25, 0.3) is 0 Å². The second kappa shape index (κ2) is 6.77. The van der Waals surface area contributed by atoms with Crippen LogP contribution >= 0.6 is 0 Å². The first-order valence-corrected chi connectivity index (χ1v) is 6.01. The lowest BCUT2D eigenvalue weighted by Gasteiger charge is -2.22. The number of nitriles is 1. The van der Waals surface area contributed by atoms with Gasteiger partial charge in [0.05, 0.1) is 17.6 Å². The van der Waals surface area contributed by atoms with E-state index in [1.807, 2.05) is 19.1 Å². The van der Waals surface area contributed by atoms with Gasteiger partial charge in [0.2, 0.25) is 0 Å². The lowest BCUT2D eigenvalue weighted by molar-refractivity contribution is -0.141. The van der Waals surface area contributed by atoms with Crippen molar-refractivity contribution in [2.24, 2.45) is 5.92 Å². The van der Waals surface area contributed by atoms with Gasteiger partial charge in [-0.15, -0.1) is 0 Å². The van der Waals surface area contributed by atoms with Crippen molar-refractivity contribution in [3.63, 3.8) is 0 Å². The molecule has 0 spiro atoms. The molecule has 0 fully saturated rings. The highest BCUT2D eigenvalue weighted by Gasteiger charge is 2.15. The van der Waals surface area contributed by atoms with Gasteiger partial charge in [0.15, 0.2) is 0 Å². The van der Waals surface area contributed by atoms with E-state index in [-0.39, 0.29) is 5.92 Å². The first-order chi connectivity index (χ1) is 8.56. The Labute approximate surface area is 107 Å². The molecule has 0 aliphatic carbocycles. The van der Waals surface area contributed by atoms with Crippen LogP contribution in [0.1, 0.15) is 25.0 Å². The highest BCUT2D eigenvalue weighted by molar-refractivity contribution is 5.69. The summed E-state index contributed by atoms with van der Waals surface area (Å²) in [5, 5.41) is 17.6. The highest BCUT2D eigenvalue weighted by Crippen LogP contribution is 2.09. The summed E-state index contributed by atoms with van der Waals surface area (Å²) in [5.74, 6) is -1.14. The summed E-state index contributed by atoms with van der Waals surface area (Å²) in [7, 11) is 0. The van der Waals surface area contributed by atoms with Crippen LogP contribution in [-0.2, 0) is 11.3 Å². The number of carboxylic acids is 1. The first-order valence-electron chi connectivity index (χ1n) is 6.01. The van der Waals surface area contributed by atoms with Crippen molar-refractivity contribution in [1.82, 2.24) is 4.90 Å². The molecule has 1 N–H and O–H groups in total. The van der Waals surface area contributed by atoms with Gasteiger partial charge in [0.1, 0.15) is 0 Å². The minimum atomic E-state index is -0.770. The molecule has 0 aliphatic heterocycles. The molecule has 1 unspecified atom stereocenters. The van der Waals surface area contributed by atoms with Gasteiger partial charge < -0.3 is 5.11 Å². The molecule has 0 saturated heterocycles. The zero-order chi connectivity index (χ0) is 13.5. The van der Waals surface area contributed by atoms with Crippen molar-refractivity contribution in [2.75, 3.05) is 13.1 Å². The molecular weight excluding hydrogens is 228 g/mol. The van der Waals surface area contributed by atoms with Crippen molar-refractivity contribution in [2.45, 2.75) is 20.4 Å². The van der Waals surface area contributed by atoms with Crippen LogP contribution in [-0.4, -0.2) is 29.1 Å². The molecule has 0 radical (unpaired) electrons. The lowest BCUT2D eigenvalue weighted by Crippen LogP contribution is -2.31. The van der Waals surface area contributed by atoms with Crippen LogP contribution < -0.4 is 0 Å². The molecule has 0 aromatic heterocycles. The fraction of sp³-hybridized carbons (Fsp3) is 0.429. The third-order valence-electron chi connectivity index (χ3n) is 2.89. The summed E-state index contributed by atoms with van der Waals surface area (Å²) in [4.78, 5) is 12.9. The fourth-order valence-electron chi connectivity index (χ4n) is 1.71. The van der Waals surface area contributed by atoms with E-state index in [4.69, 9.17) is 10.4 Å². The predicted octanol–water partition coefficient (Wildman–Crippen LogP) is 2.10. The summed E-state index contributed by atoms with van der Waals surface area (Å²) in [6.07, 6.45) is 0. The van der Waals surface area contributed by atoms with Crippen molar-refractivity contribution in [3.8, 4) is 6.07 Å². The van der Waals surface area contributed by atoms with Gasteiger partial charge in [-0.25, -0.2) is 0 Å². The SMILES string of the molecule is CCN(Cc1ccc(C#N)cc1)CC(C)C(=O)O. The van der Waals surface area contributed by atoms with Gasteiger partial charge in [0, 0.05) is 13.1 Å². The zero-order valence-corrected chi connectivity index (χ0v) is 10.8. The maximum absolute atomic E-state index is 10.8. The Morgan fingerprint density at radius 2 is 2.06 bits per heavy atom. The monoisotopic (exact) mass is 246 g/mol. The number of carbonyl (C=O) groups is 1. The minimum absolute atomic E-state index is 0.372. The quantitative estimate of drug-likeness (QED) is 0.834. The Morgan fingerprint density at radius 1 is 1.44 bits per heavy atom. The van der Waals surface area contributed by atoms with Crippen LogP contribution in [0.15, 0.2) is 24.3 Å². The van der Waals surface area contributed by atoms with E-state index in [1.54, 1.807) is 19.1 Å². The number of nitrogens with zero attached hydrogens (tertiary/aromatic N) is 2. The molecule has 0 heterocycles.